The minimum Gasteiger partial charge on any atom is -0.254 e. The van der Waals surface area contributed by atoms with Gasteiger partial charge in [-0.25, -0.2) is 8.78 Å². The molecule has 0 spiro atoms. The molecule has 0 aliphatic carbocycles. The summed E-state index contributed by atoms with van der Waals surface area (Å²) in [5.74, 6) is -1.83. The smallest absolute Gasteiger partial charge is 0.148 e. The van der Waals surface area contributed by atoms with Gasteiger partial charge in [0.1, 0.15) is 11.6 Å². The van der Waals surface area contributed by atoms with Crippen LogP contribution in [0.5, 0.6) is 0 Å². The molecular weight excluding hydrogens is 204 g/mol. The molecule has 0 unspecified atom stereocenters. The molecule has 1 nitrogen and oxygen atoms in total. The molecule has 0 bridgehead atoms. The fourth-order valence-corrected chi connectivity index (χ4v) is 0.776. The van der Waals surface area contributed by atoms with E-state index in [1.807, 2.05) is 0 Å². The Morgan fingerprint density at radius 3 is 2.90 bits per heavy atom. The third-order valence-corrected chi connectivity index (χ3v) is 1.27. The normalized spacial score (nSPS) is 14.3. The minimum absolute atomic E-state index is 0.455. The Bertz CT molecular complexity index is 300. The fourth-order valence-electron chi connectivity index (χ4n) is 0.484. The summed E-state index contributed by atoms with van der Waals surface area (Å²) >= 11 is 2.57. The number of pyridine rings is 1. The first-order valence-corrected chi connectivity index (χ1v) is 3.21. The summed E-state index contributed by atoms with van der Waals surface area (Å²) in [6.45, 7) is 0. The van der Waals surface area contributed by atoms with E-state index in [9.17, 15) is 8.78 Å². The molecule has 0 saturated heterocycles. The van der Waals surface area contributed by atoms with Crippen molar-refractivity contribution in [3.05, 3.63) is 29.6 Å². The number of hydrogen-bond acceptors (Lipinski definition) is 1. The van der Waals surface area contributed by atoms with E-state index in [1.54, 1.807) is 0 Å². The molecule has 0 aliphatic rings. The van der Waals surface area contributed by atoms with Gasteiger partial charge in [0.15, 0.2) is 0 Å². The predicted molar refractivity (Wildman–Crippen MR) is 36.8 cm³/mol. The second-order valence-electron chi connectivity index (χ2n) is 1.58. The van der Waals surface area contributed by atoms with E-state index in [4.69, 9.17) is 2.74 Å². The maximum absolute atomic E-state index is 12.8. The van der Waals surface area contributed by atoms with E-state index < -0.39 is 22.6 Å². The summed E-state index contributed by atoms with van der Waals surface area (Å²) in [7, 11) is 0. The van der Waals surface area contributed by atoms with Gasteiger partial charge in [-0.2, -0.15) is 0 Å². The number of halogens is 3. The molecule has 4 heteroatoms. The van der Waals surface area contributed by atoms with Gasteiger partial charge in [-0.3, -0.25) is 4.98 Å². The Hall–Kier alpha value is -0.510. The highest BCUT2D eigenvalue weighted by atomic mass is 79.9. The highest BCUT2D eigenvalue weighted by Crippen LogP contribution is 2.08. The molecule has 1 aromatic heterocycles. The molecule has 0 amide bonds. The van der Waals surface area contributed by atoms with Gasteiger partial charge in [-0.05, 0) is 0 Å². The molecule has 54 valence electrons. The zero-order valence-electron chi connectivity index (χ0n) is 6.74. The van der Waals surface area contributed by atoms with Crippen molar-refractivity contribution in [3.8, 4) is 0 Å². The quantitative estimate of drug-likeness (QED) is 0.647. The number of nitrogens with zero attached hydrogens (tertiary/aromatic N) is 1. The van der Waals surface area contributed by atoms with Crippen molar-refractivity contribution in [2.24, 2.45) is 0 Å². The summed E-state index contributed by atoms with van der Waals surface area (Å²) in [5, 5.41) is -2.06. The highest BCUT2D eigenvalue weighted by Gasteiger charge is 2.01. The monoisotopic (exact) mass is 209 g/mol. The van der Waals surface area contributed by atoms with Crippen molar-refractivity contribution in [2.45, 2.75) is 5.28 Å². The Morgan fingerprint density at radius 1 is 1.70 bits per heavy atom. The van der Waals surface area contributed by atoms with E-state index in [0.717, 1.165) is 6.20 Å². The van der Waals surface area contributed by atoms with Gasteiger partial charge >= 0.3 is 0 Å². The first kappa shape index (κ1) is 5.18. The topological polar surface area (TPSA) is 12.9 Å². The largest absolute Gasteiger partial charge is 0.254 e. The molecule has 0 aromatic carbocycles. The molecule has 1 aromatic rings. The minimum atomic E-state index is -2.06. The van der Waals surface area contributed by atoms with Crippen LogP contribution in [-0.4, -0.2) is 4.98 Å². The van der Waals surface area contributed by atoms with Crippen molar-refractivity contribution < 1.29 is 11.5 Å². The molecule has 0 aliphatic heterocycles. The Balaban J connectivity index is 3.19. The zero-order chi connectivity index (χ0) is 9.35. The molecule has 0 atom stereocenters. The zero-order valence-corrected chi connectivity index (χ0v) is 6.32. The first-order valence-electron chi connectivity index (χ1n) is 3.41. The standard InChI is InChI=1S/C6H4BrF2N/c7-2-6-5(9)1-4(8)3-10-6/h1,3H,2H2/i2D2. The Labute approximate surface area is 68.0 Å². The van der Waals surface area contributed by atoms with Gasteiger partial charge in [-0.1, -0.05) is 15.9 Å². The van der Waals surface area contributed by atoms with Gasteiger partial charge in [0.2, 0.25) is 0 Å². The van der Waals surface area contributed by atoms with Crippen LogP contribution in [0.4, 0.5) is 8.78 Å². The molecule has 0 N–H and O–H groups in total. The van der Waals surface area contributed by atoms with E-state index in [1.165, 1.54) is 0 Å². The third kappa shape index (κ3) is 1.50. The lowest BCUT2D eigenvalue weighted by atomic mass is 10.3. The highest BCUT2D eigenvalue weighted by molar-refractivity contribution is 9.08. The van der Waals surface area contributed by atoms with Gasteiger partial charge in [0, 0.05) is 14.1 Å². The van der Waals surface area contributed by atoms with Crippen LogP contribution in [0, 0.1) is 11.6 Å². The molecule has 1 rings (SSSR count). The van der Waals surface area contributed by atoms with Crippen LogP contribution in [0.25, 0.3) is 0 Å². The van der Waals surface area contributed by atoms with Crippen LogP contribution in [0.3, 0.4) is 0 Å². The molecule has 10 heavy (non-hydrogen) atoms. The first-order chi connectivity index (χ1) is 5.41. The summed E-state index contributed by atoms with van der Waals surface area (Å²) in [4.78, 5) is 3.28. The molecule has 1 heterocycles. The van der Waals surface area contributed by atoms with E-state index in [0.29, 0.717) is 6.07 Å². The number of aromatic nitrogens is 1. The average molecular weight is 210 g/mol. The van der Waals surface area contributed by atoms with Crippen molar-refractivity contribution >= 4 is 15.9 Å². The average Bonchev–Trinajstić information content (AvgIpc) is 1.83. The maximum Gasteiger partial charge on any atom is 0.148 e. The van der Waals surface area contributed by atoms with E-state index >= 15 is 0 Å². The summed E-state index contributed by atoms with van der Waals surface area (Å²) in [6.07, 6.45) is 0.761. The number of rotatable bonds is 1. The summed E-state index contributed by atoms with van der Waals surface area (Å²) in [5.41, 5.74) is -0.455. The van der Waals surface area contributed by atoms with Gasteiger partial charge in [0.25, 0.3) is 0 Å². The van der Waals surface area contributed by atoms with Crippen LogP contribution >= 0.6 is 15.9 Å². The Morgan fingerprint density at radius 2 is 2.40 bits per heavy atom. The second-order valence-corrected chi connectivity index (χ2v) is 1.97. The maximum atomic E-state index is 12.8. The van der Waals surface area contributed by atoms with Crippen molar-refractivity contribution in [1.82, 2.24) is 4.98 Å². The van der Waals surface area contributed by atoms with E-state index in [-0.39, 0.29) is 0 Å². The van der Waals surface area contributed by atoms with Crippen LogP contribution in [0.15, 0.2) is 12.3 Å². The van der Waals surface area contributed by atoms with Gasteiger partial charge < -0.3 is 0 Å². The lowest BCUT2D eigenvalue weighted by Crippen LogP contribution is -1.91. The fraction of sp³-hybridized carbons (Fsp3) is 0.167. The van der Waals surface area contributed by atoms with Gasteiger partial charge in [0.05, 0.1) is 11.9 Å². The third-order valence-electron chi connectivity index (χ3n) is 0.897. The molecule has 0 radical (unpaired) electrons. The molecule has 0 fully saturated rings. The van der Waals surface area contributed by atoms with Crippen LogP contribution in [0.1, 0.15) is 8.44 Å². The lowest BCUT2D eigenvalue weighted by Gasteiger charge is -1.94. The summed E-state index contributed by atoms with van der Waals surface area (Å²) in [6, 6.07) is 0.585. The van der Waals surface area contributed by atoms with Crippen molar-refractivity contribution in [2.75, 3.05) is 0 Å². The van der Waals surface area contributed by atoms with Crippen LogP contribution < -0.4 is 0 Å². The van der Waals surface area contributed by atoms with Gasteiger partial charge in [-0.15, -0.1) is 0 Å². The molecule has 0 saturated carbocycles. The Kier molecular flexibility index (Phi) is 1.58. The predicted octanol–water partition coefficient (Wildman–Crippen LogP) is 2.25. The molecular formula is C6H4BrF2N. The summed E-state index contributed by atoms with van der Waals surface area (Å²) < 4.78 is 39.2. The van der Waals surface area contributed by atoms with Crippen molar-refractivity contribution in [1.29, 1.82) is 0 Å². The SMILES string of the molecule is [2H]C([2H])(Br)c1ncc(F)cc1F. The lowest BCUT2D eigenvalue weighted by molar-refractivity contribution is 0.564. The van der Waals surface area contributed by atoms with Crippen molar-refractivity contribution in [3.63, 3.8) is 0 Å². The number of hydrogen-bond donors (Lipinski definition) is 0. The van der Waals surface area contributed by atoms with E-state index in [2.05, 4.69) is 20.9 Å². The van der Waals surface area contributed by atoms with Crippen LogP contribution in [0.2, 0.25) is 0 Å². The van der Waals surface area contributed by atoms with Crippen LogP contribution in [-0.2, 0) is 5.28 Å². The second kappa shape index (κ2) is 3.05. The number of alkyl halides is 1.